The first-order valence-corrected chi connectivity index (χ1v) is 9.25. The Hall–Kier alpha value is -2.94. The molecule has 0 bridgehead atoms. The van der Waals surface area contributed by atoms with E-state index in [1.807, 2.05) is 27.7 Å². The summed E-state index contributed by atoms with van der Waals surface area (Å²) in [6.45, 7) is 8.20. The molecule has 160 valence electrons. The van der Waals surface area contributed by atoms with Gasteiger partial charge in [-0.2, -0.15) is 0 Å². The molecule has 0 saturated carbocycles. The van der Waals surface area contributed by atoms with E-state index in [0.717, 1.165) is 4.90 Å². The van der Waals surface area contributed by atoms with Crippen molar-refractivity contribution in [3.05, 3.63) is 29.3 Å². The quantitative estimate of drug-likeness (QED) is 0.523. The van der Waals surface area contributed by atoms with Crippen molar-refractivity contribution in [3.8, 4) is 0 Å². The van der Waals surface area contributed by atoms with Crippen molar-refractivity contribution in [2.45, 2.75) is 33.2 Å². The maximum absolute atomic E-state index is 12.5. The predicted octanol–water partition coefficient (Wildman–Crippen LogP) is 0.0178. The molecule has 9 heteroatoms. The highest BCUT2D eigenvalue weighted by Crippen LogP contribution is 2.19. The van der Waals surface area contributed by atoms with Crippen LogP contribution in [0.3, 0.4) is 0 Å². The second kappa shape index (κ2) is 10.6. The van der Waals surface area contributed by atoms with E-state index in [-0.39, 0.29) is 41.3 Å². The van der Waals surface area contributed by atoms with Crippen LogP contribution in [-0.2, 0) is 19.1 Å². The normalized spacial score (nSPS) is 11.9. The first kappa shape index (κ1) is 24.1. The number of benzene rings is 1. The van der Waals surface area contributed by atoms with Crippen LogP contribution in [0.25, 0.3) is 0 Å². The maximum atomic E-state index is 12.5. The number of rotatable bonds is 8. The summed E-state index contributed by atoms with van der Waals surface area (Å²) >= 11 is 0. The van der Waals surface area contributed by atoms with Gasteiger partial charge in [-0.25, -0.2) is 9.59 Å². The molecule has 0 radical (unpaired) electrons. The zero-order chi connectivity index (χ0) is 22.2. The smallest absolute Gasteiger partial charge is 0.339 e. The number of likely N-dealkylation sites (N-methyl/N-ethyl adjacent to an activating group) is 1. The third-order valence-electron chi connectivity index (χ3n) is 3.96. The van der Waals surface area contributed by atoms with E-state index in [1.54, 1.807) is 0 Å². The molecule has 2 amide bonds. The van der Waals surface area contributed by atoms with Gasteiger partial charge < -0.3 is 25.0 Å². The molecule has 0 heterocycles. The molecule has 0 aliphatic rings. The number of carbonyl (C=O) groups is 4. The molecule has 0 spiro atoms. The number of hydrogen-bond acceptors (Lipinski definition) is 6. The van der Waals surface area contributed by atoms with E-state index in [4.69, 9.17) is 4.74 Å². The van der Waals surface area contributed by atoms with Crippen molar-refractivity contribution in [2.24, 2.45) is 0 Å². The first-order chi connectivity index (χ1) is 13.5. The third kappa shape index (κ3) is 7.90. The Morgan fingerprint density at radius 2 is 1.55 bits per heavy atom. The van der Waals surface area contributed by atoms with Gasteiger partial charge in [0.15, 0.2) is 13.1 Å². The van der Waals surface area contributed by atoms with Crippen molar-refractivity contribution in [1.29, 1.82) is 0 Å². The maximum Gasteiger partial charge on any atom is 0.339 e. The number of hydrogen-bond donors (Lipinski definition) is 3. The highest BCUT2D eigenvalue weighted by atomic mass is 16.5. The largest absolute Gasteiger partial charge is 0.465 e. The lowest BCUT2D eigenvalue weighted by atomic mass is 10.1. The molecular weight excluding hydrogens is 378 g/mol. The molecule has 0 fully saturated rings. The number of anilines is 1. The Morgan fingerprint density at radius 1 is 0.966 bits per heavy atom. The van der Waals surface area contributed by atoms with Crippen molar-refractivity contribution in [1.82, 2.24) is 5.32 Å². The van der Waals surface area contributed by atoms with E-state index < -0.39 is 17.8 Å². The van der Waals surface area contributed by atoms with Gasteiger partial charge in [0, 0.05) is 5.54 Å². The molecule has 1 rings (SSSR count). The average Bonchev–Trinajstić information content (AvgIpc) is 2.64. The zero-order valence-electron chi connectivity index (χ0n) is 17.8. The fraction of sp³-hybridized carbons (Fsp3) is 0.500. The van der Waals surface area contributed by atoms with Crippen molar-refractivity contribution in [2.75, 3.05) is 39.2 Å². The lowest BCUT2D eigenvalue weighted by molar-refractivity contribution is -0.881. The Kier molecular flexibility index (Phi) is 8.78. The molecule has 1 aromatic rings. The SMILES string of the molecule is CC[NH+](CC(=O)Nc1cc(C(=O)OC)ccc1C(=O)OC)CC(=O)NC(C)(C)C. The number of quaternary nitrogens is 1. The van der Waals surface area contributed by atoms with E-state index in [9.17, 15) is 19.2 Å². The van der Waals surface area contributed by atoms with Crippen LogP contribution in [0.5, 0.6) is 0 Å². The summed E-state index contributed by atoms with van der Waals surface area (Å²) in [4.78, 5) is 49.1. The molecule has 9 nitrogen and oxygen atoms in total. The summed E-state index contributed by atoms with van der Waals surface area (Å²) in [5, 5.41) is 5.49. The summed E-state index contributed by atoms with van der Waals surface area (Å²) in [5.74, 6) is -1.82. The Labute approximate surface area is 170 Å². The van der Waals surface area contributed by atoms with Crippen molar-refractivity contribution >= 4 is 29.4 Å². The van der Waals surface area contributed by atoms with Crippen molar-refractivity contribution < 1.29 is 33.6 Å². The van der Waals surface area contributed by atoms with Crippen LogP contribution in [0.1, 0.15) is 48.4 Å². The highest BCUT2D eigenvalue weighted by molar-refractivity contribution is 6.03. The van der Waals surface area contributed by atoms with Crippen LogP contribution in [0, 0.1) is 0 Å². The molecule has 0 saturated heterocycles. The zero-order valence-corrected chi connectivity index (χ0v) is 17.8. The number of nitrogens with one attached hydrogen (secondary N) is 3. The standard InChI is InChI=1S/C20H29N3O6/c1-7-23(12-17(25)22-20(2,3)4)11-16(24)21-15-10-13(18(26)28-5)8-9-14(15)19(27)29-6/h8-10H,7,11-12H2,1-6H3,(H,21,24)(H,22,25)/p+1. The van der Waals surface area contributed by atoms with E-state index >= 15 is 0 Å². The molecule has 3 N–H and O–H groups in total. The topological polar surface area (TPSA) is 115 Å². The molecule has 29 heavy (non-hydrogen) atoms. The number of ether oxygens (including phenoxy) is 2. The van der Waals surface area contributed by atoms with Gasteiger partial charge in [-0.3, -0.25) is 9.59 Å². The van der Waals surface area contributed by atoms with Gasteiger partial charge in [0.05, 0.1) is 37.6 Å². The summed E-state index contributed by atoms with van der Waals surface area (Å²) < 4.78 is 9.39. The molecule has 1 unspecified atom stereocenters. The average molecular weight is 408 g/mol. The minimum atomic E-state index is -0.652. The van der Waals surface area contributed by atoms with Gasteiger partial charge in [-0.15, -0.1) is 0 Å². The van der Waals surface area contributed by atoms with Gasteiger partial charge in [-0.1, -0.05) is 0 Å². The van der Waals surface area contributed by atoms with Crippen LogP contribution in [-0.4, -0.2) is 63.1 Å². The summed E-state index contributed by atoms with van der Waals surface area (Å²) in [7, 11) is 2.46. The number of amides is 2. The van der Waals surface area contributed by atoms with Gasteiger partial charge in [0.25, 0.3) is 11.8 Å². The Bertz CT molecular complexity index is 770. The first-order valence-electron chi connectivity index (χ1n) is 9.25. The van der Waals surface area contributed by atoms with Crippen LogP contribution in [0.4, 0.5) is 5.69 Å². The van der Waals surface area contributed by atoms with Crippen LogP contribution < -0.4 is 15.5 Å². The van der Waals surface area contributed by atoms with E-state index in [0.29, 0.717) is 6.54 Å². The molecular formula is C20H30N3O6+. The number of methoxy groups -OCH3 is 2. The third-order valence-corrected chi connectivity index (χ3v) is 3.96. The molecule has 0 aliphatic carbocycles. The van der Waals surface area contributed by atoms with Crippen molar-refractivity contribution in [3.63, 3.8) is 0 Å². The fourth-order valence-corrected chi connectivity index (χ4v) is 2.60. The van der Waals surface area contributed by atoms with Crippen LogP contribution in [0.15, 0.2) is 18.2 Å². The lowest BCUT2D eigenvalue weighted by Crippen LogP contribution is -3.14. The summed E-state index contributed by atoms with van der Waals surface area (Å²) in [6.07, 6.45) is 0. The van der Waals surface area contributed by atoms with Crippen LogP contribution >= 0.6 is 0 Å². The van der Waals surface area contributed by atoms with E-state index in [1.165, 1.54) is 32.4 Å². The molecule has 0 aromatic heterocycles. The summed E-state index contributed by atoms with van der Waals surface area (Å²) in [5.41, 5.74) is 0.0677. The molecule has 1 aromatic carbocycles. The van der Waals surface area contributed by atoms with Gasteiger partial charge in [-0.05, 0) is 45.9 Å². The summed E-state index contributed by atoms with van der Waals surface area (Å²) in [6, 6.07) is 4.15. The van der Waals surface area contributed by atoms with E-state index in [2.05, 4.69) is 15.4 Å². The Morgan fingerprint density at radius 3 is 2.07 bits per heavy atom. The predicted molar refractivity (Wildman–Crippen MR) is 107 cm³/mol. The monoisotopic (exact) mass is 408 g/mol. The Balaban J connectivity index is 2.94. The van der Waals surface area contributed by atoms with Gasteiger partial charge in [0.1, 0.15) is 0 Å². The minimum Gasteiger partial charge on any atom is -0.465 e. The second-order valence-electron chi connectivity index (χ2n) is 7.55. The highest BCUT2D eigenvalue weighted by Gasteiger charge is 2.22. The molecule has 0 aliphatic heterocycles. The van der Waals surface area contributed by atoms with Gasteiger partial charge in [0.2, 0.25) is 0 Å². The number of carbonyl (C=O) groups excluding carboxylic acids is 4. The van der Waals surface area contributed by atoms with Gasteiger partial charge >= 0.3 is 11.9 Å². The fourth-order valence-electron chi connectivity index (χ4n) is 2.60. The number of esters is 2. The molecule has 1 atom stereocenters. The lowest BCUT2D eigenvalue weighted by Gasteiger charge is -2.23. The van der Waals surface area contributed by atoms with Crippen LogP contribution in [0.2, 0.25) is 0 Å². The minimum absolute atomic E-state index is 0.0110. The second-order valence-corrected chi connectivity index (χ2v) is 7.55.